The molecule has 2 rings (SSSR count). The van der Waals surface area contributed by atoms with Crippen LogP contribution < -0.4 is 16.4 Å². The average molecular weight is 245 g/mol. The van der Waals surface area contributed by atoms with E-state index in [0.29, 0.717) is 11.3 Å². The van der Waals surface area contributed by atoms with E-state index in [1.165, 1.54) is 41.2 Å². The average Bonchev–Trinajstić information content (AvgIpc) is 2.34. The number of carbonyl (C=O) groups is 1. The van der Waals surface area contributed by atoms with E-state index in [-0.39, 0.29) is 17.0 Å². The lowest BCUT2D eigenvalue weighted by atomic mass is 10.2. The molecule has 2 N–H and O–H groups in total. The van der Waals surface area contributed by atoms with Gasteiger partial charge in [-0.3, -0.25) is 14.4 Å². The molecule has 0 fully saturated rings. The van der Waals surface area contributed by atoms with Gasteiger partial charge in [0.15, 0.2) is 0 Å². The molecule has 1 amide bonds. The van der Waals surface area contributed by atoms with Gasteiger partial charge < -0.3 is 14.9 Å². The summed E-state index contributed by atoms with van der Waals surface area (Å²) in [5, 5.41) is 2.63. The Bertz CT molecular complexity index is 680. The van der Waals surface area contributed by atoms with Crippen molar-refractivity contribution in [2.24, 2.45) is 7.05 Å². The van der Waals surface area contributed by atoms with Crippen LogP contribution in [0, 0.1) is 0 Å². The standard InChI is InChI=1S/C12H11N3O3/c1-15-7-9(3-5-11(15)17)14-12(18)8-2-4-10(16)13-6-8/h2-7H,1H3,(H,13,16)(H,14,18). The zero-order valence-electron chi connectivity index (χ0n) is 9.64. The number of amides is 1. The first-order valence-corrected chi connectivity index (χ1v) is 5.23. The number of hydrogen-bond donors (Lipinski definition) is 2. The largest absolute Gasteiger partial charge is 0.328 e. The Hall–Kier alpha value is -2.63. The Morgan fingerprint density at radius 3 is 2.61 bits per heavy atom. The number of hydrogen-bond acceptors (Lipinski definition) is 3. The summed E-state index contributed by atoms with van der Waals surface area (Å²) in [7, 11) is 1.60. The molecule has 0 spiro atoms. The molecule has 6 nitrogen and oxygen atoms in total. The third kappa shape index (κ3) is 2.54. The van der Waals surface area contributed by atoms with E-state index in [4.69, 9.17) is 0 Å². The minimum atomic E-state index is -0.357. The number of aromatic nitrogens is 2. The highest BCUT2D eigenvalue weighted by molar-refractivity contribution is 6.03. The van der Waals surface area contributed by atoms with Gasteiger partial charge in [0.2, 0.25) is 11.1 Å². The molecular formula is C12H11N3O3. The Kier molecular flexibility index (Phi) is 3.09. The Morgan fingerprint density at radius 1 is 1.22 bits per heavy atom. The Balaban J connectivity index is 2.21. The van der Waals surface area contributed by atoms with Crippen LogP contribution in [0.5, 0.6) is 0 Å². The minimum Gasteiger partial charge on any atom is -0.328 e. The van der Waals surface area contributed by atoms with E-state index >= 15 is 0 Å². The second kappa shape index (κ2) is 4.70. The first kappa shape index (κ1) is 11.8. The van der Waals surface area contributed by atoms with E-state index in [1.807, 2.05) is 0 Å². The number of carbonyl (C=O) groups excluding carboxylic acids is 1. The highest BCUT2D eigenvalue weighted by Gasteiger charge is 2.06. The fourth-order valence-electron chi connectivity index (χ4n) is 1.42. The number of pyridine rings is 2. The van der Waals surface area contributed by atoms with Crippen LogP contribution in [0.3, 0.4) is 0 Å². The van der Waals surface area contributed by atoms with E-state index < -0.39 is 0 Å². The van der Waals surface area contributed by atoms with Crippen molar-refractivity contribution in [1.29, 1.82) is 0 Å². The van der Waals surface area contributed by atoms with Gasteiger partial charge in [-0.1, -0.05) is 0 Å². The smallest absolute Gasteiger partial charge is 0.257 e. The molecule has 6 heteroatoms. The fraction of sp³-hybridized carbons (Fsp3) is 0.0833. The van der Waals surface area contributed by atoms with Crippen molar-refractivity contribution >= 4 is 11.6 Å². The van der Waals surface area contributed by atoms with Crippen molar-refractivity contribution < 1.29 is 4.79 Å². The van der Waals surface area contributed by atoms with Crippen LogP contribution in [0.4, 0.5) is 5.69 Å². The van der Waals surface area contributed by atoms with E-state index in [2.05, 4.69) is 10.3 Å². The normalized spacial score (nSPS) is 10.1. The van der Waals surface area contributed by atoms with Gasteiger partial charge >= 0.3 is 0 Å². The van der Waals surface area contributed by atoms with Crippen LogP contribution in [0.2, 0.25) is 0 Å². The van der Waals surface area contributed by atoms with Gasteiger partial charge in [0.1, 0.15) is 0 Å². The lowest BCUT2D eigenvalue weighted by molar-refractivity contribution is 0.102. The molecule has 2 aromatic rings. The van der Waals surface area contributed by atoms with Crippen LogP contribution >= 0.6 is 0 Å². The number of nitrogens with zero attached hydrogens (tertiary/aromatic N) is 1. The molecule has 0 aromatic carbocycles. The number of aryl methyl sites for hydroxylation is 1. The second-order valence-electron chi connectivity index (χ2n) is 3.76. The second-order valence-corrected chi connectivity index (χ2v) is 3.76. The number of aromatic amines is 1. The maximum Gasteiger partial charge on any atom is 0.257 e. The molecule has 0 bridgehead atoms. The van der Waals surface area contributed by atoms with Crippen molar-refractivity contribution in [2.75, 3.05) is 5.32 Å². The molecule has 0 aliphatic carbocycles. The molecule has 0 radical (unpaired) electrons. The van der Waals surface area contributed by atoms with E-state index in [0.717, 1.165) is 0 Å². The summed E-state index contributed by atoms with van der Waals surface area (Å²) in [4.78, 5) is 36.3. The van der Waals surface area contributed by atoms with Crippen molar-refractivity contribution in [3.05, 3.63) is 62.9 Å². The first-order chi connectivity index (χ1) is 8.56. The predicted molar refractivity (Wildman–Crippen MR) is 66.7 cm³/mol. The molecular weight excluding hydrogens is 234 g/mol. The Labute approximate surface area is 102 Å². The van der Waals surface area contributed by atoms with Crippen LogP contribution in [-0.4, -0.2) is 15.5 Å². The predicted octanol–water partition coefficient (Wildman–Crippen LogP) is 0.326. The summed E-state index contributed by atoms with van der Waals surface area (Å²) in [6.07, 6.45) is 2.85. The summed E-state index contributed by atoms with van der Waals surface area (Å²) in [6.45, 7) is 0. The molecule has 2 aromatic heterocycles. The molecule has 2 heterocycles. The van der Waals surface area contributed by atoms with Gasteiger partial charge in [0.25, 0.3) is 5.91 Å². The molecule has 92 valence electrons. The topological polar surface area (TPSA) is 84.0 Å². The number of H-pyrrole nitrogens is 1. The first-order valence-electron chi connectivity index (χ1n) is 5.23. The summed E-state index contributed by atoms with van der Waals surface area (Å²) >= 11 is 0. The lowest BCUT2D eigenvalue weighted by Crippen LogP contribution is -2.18. The molecule has 0 saturated carbocycles. The summed E-state index contributed by atoms with van der Waals surface area (Å²) in [5.74, 6) is -0.357. The monoisotopic (exact) mass is 245 g/mol. The van der Waals surface area contributed by atoms with Crippen LogP contribution in [0.1, 0.15) is 10.4 Å². The van der Waals surface area contributed by atoms with Gasteiger partial charge in [0.05, 0.1) is 11.3 Å². The molecule has 0 atom stereocenters. The van der Waals surface area contributed by atoms with Gasteiger partial charge in [-0.15, -0.1) is 0 Å². The summed E-state index contributed by atoms with van der Waals surface area (Å²) in [6, 6.07) is 5.58. The molecule has 0 aliphatic heterocycles. The third-order valence-corrected chi connectivity index (χ3v) is 2.39. The Morgan fingerprint density at radius 2 is 2.00 bits per heavy atom. The number of rotatable bonds is 2. The molecule has 0 unspecified atom stereocenters. The van der Waals surface area contributed by atoms with Crippen LogP contribution in [-0.2, 0) is 7.05 Å². The van der Waals surface area contributed by atoms with Gasteiger partial charge in [0, 0.05) is 31.6 Å². The lowest BCUT2D eigenvalue weighted by Gasteiger charge is -2.06. The zero-order valence-corrected chi connectivity index (χ0v) is 9.64. The zero-order chi connectivity index (χ0) is 13.1. The van der Waals surface area contributed by atoms with Crippen molar-refractivity contribution in [1.82, 2.24) is 9.55 Å². The van der Waals surface area contributed by atoms with E-state index in [9.17, 15) is 14.4 Å². The molecule has 0 saturated heterocycles. The van der Waals surface area contributed by atoms with Gasteiger partial charge in [-0.25, -0.2) is 0 Å². The molecule has 0 aliphatic rings. The number of nitrogens with one attached hydrogen (secondary N) is 2. The summed E-state index contributed by atoms with van der Waals surface area (Å²) in [5.41, 5.74) is 0.419. The minimum absolute atomic E-state index is 0.156. The maximum atomic E-state index is 11.8. The van der Waals surface area contributed by atoms with Crippen LogP contribution in [0.25, 0.3) is 0 Å². The SMILES string of the molecule is Cn1cc(NC(=O)c2ccc(=O)[nH]c2)ccc1=O. The van der Waals surface area contributed by atoms with Crippen molar-refractivity contribution in [3.63, 3.8) is 0 Å². The summed E-state index contributed by atoms with van der Waals surface area (Å²) < 4.78 is 1.36. The number of anilines is 1. The highest BCUT2D eigenvalue weighted by Crippen LogP contribution is 2.05. The maximum absolute atomic E-state index is 11.8. The van der Waals surface area contributed by atoms with Crippen molar-refractivity contribution in [2.45, 2.75) is 0 Å². The van der Waals surface area contributed by atoms with Crippen molar-refractivity contribution in [3.8, 4) is 0 Å². The fourth-order valence-corrected chi connectivity index (χ4v) is 1.42. The quantitative estimate of drug-likeness (QED) is 0.799. The van der Waals surface area contributed by atoms with Crippen LogP contribution in [0.15, 0.2) is 46.2 Å². The van der Waals surface area contributed by atoms with Gasteiger partial charge in [-0.05, 0) is 12.1 Å². The third-order valence-electron chi connectivity index (χ3n) is 2.39. The van der Waals surface area contributed by atoms with E-state index in [1.54, 1.807) is 7.05 Å². The highest BCUT2D eigenvalue weighted by atomic mass is 16.2. The molecule has 18 heavy (non-hydrogen) atoms. The van der Waals surface area contributed by atoms with Gasteiger partial charge in [-0.2, -0.15) is 0 Å².